The van der Waals surface area contributed by atoms with Crippen molar-refractivity contribution in [2.75, 3.05) is 11.9 Å². The molecule has 0 unspecified atom stereocenters. The number of benzene rings is 1. The molecule has 18 heavy (non-hydrogen) atoms. The van der Waals surface area contributed by atoms with Crippen molar-refractivity contribution in [2.24, 2.45) is 0 Å². The molecule has 1 aromatic rings. The van der Waals surface area contributed by atoms with Crippen LogP contribution in [0.4, 0.5) is 5.69 Å². The van der Waals surface area contributed by atoms with Crippen LogP contribution in [0.25, 0.3) is 0 Å². The molecule has 0 spiro atoms. The first-order chi connectivity index (χ1) is 8.34. The van der Waals surface area contributed by atoms with Gasteiger partial charge in [0.2, 0.25) is 0 Å². The summed E-state index contributed by atoms with van der Waals surface area (Å²) in [4.78, 5) is 4.79. The van der Waals surface area contributed by atoms with Crippen molar-refractivity contribution in [1.82, 2.24) is 4.90 Å². The van der Waals surface area contributed by atoms with Crippen molar-refractivity contribution < 1.29 is 0 Å². The van der Waals surface area contributed by atoms with E-state index < -0.39 is 0 Å². The number of allylic oxidation sites excluding steroid dienone is 2. The second-order valence-corrected chi connectivity index (χ2v) is 5.51. The second-order valence-electron chi connectivity index (χ2n) is 5.51. The van der Waals surface area contributed by atoms with Gasteiger partial charge in [-0.15, -0.1) is 0 Å². The molecule has 1 aliphatic rings. The summed E-state index contributed by atoms with van der Waals surface area (Å²) in [7, 11) is 2.17. The molecule has 1 heterocycles. The minimum absolute atomic E-state index is 0.393. The largest absolute Gasteiger partial charge is 0.356 e. The summed E-state index contributed by atoms with van der Waals surface area (Å²) in [5.41, 5.74) is 8.16. The van der Waals surface area contributed by atoms with Crippen LogP contribution in [0.5, 0.6) is 0 Å². The quantitative estimate of drug-likeness (QED) is 0.737. The molecule has 2 nitrogen and oxygen atoms in total. The van der Waals surface area contributed by atoms with E-state index in [-0.39, 0.29) is 0 Å². The van der Waals surface area contributed by atoms with E-state index in [1.807, 2.05) is 0 Å². The van der Waals surface area contributed by atoms with Crippen LogP contribution >= 0.6 is 0 Å². The molecule has 0 fully saturated rings. The Bertz CT molecular complexity index is 514. The number of rotatable bonds is 1. The Morgan fingerprint density at radius 1 is 0.944 bits per heavy atom. The second kappa shape index (κ2) is 4.34. The summed E-state index contributed by atoms with van der Waals surface area (Å²) in [6, 6.07) is 4.56. The normalized spacial score (nSPS) is 20.1. The summed E-state index contributed by atoms with van der Waals surface area (Å²) in [5, 5.41) is 0. The molecule has 2 heteroatoms. The molecule has 0 saturated heterocycles. The third-order valence-corrected chi connectivity index (χ3v) is 4.39. The smallest absolute Gasteiger partial charge is 0.103 e. The average molecular weight is 244 g/mol. The van der Waals surface area contributed by atoms with Crippen LogP contribution in [0.15, 0.2) is 23.5 Å². The maximum absolute atomic E-state index is 2.45. The van der Waals surface area contributed by atoms with Crippen LogP contribution in [0.3, 0.4) is 0 Å². The summed E-state index contributed by atoms with van der Waals surface area (Å²) in [5.74, 6) is 0. The molecule has 0 radical (unpaired) electrons. The van der Waals surface area contributed by atoms with Gasteiger partial charge in [-0.2, -0.15) is 0 Å². The predicted molar refractivity (Wildman–Crippen MR) is 78.7 cm³/mol. The first-order valence-electron chi connectivity index (χ1n) is 6.62. The Kier molecular flexibility index (Phi) is 3.14. The lowest BCUT2D eigenvalue weighted by molar-refractivity contribution is 0.357. The Morgan fingerprint density at radius 3 is 2.06 bits per heavy atom. The van der Waals surface area contributed by atoms with Crippen molar-refractivity contribution in [3.63, 3.8) is 0 Å². The zero-order valence-corrected chi connectivity index (χ0v) is 12.6. The number of hydrogen-bond donors (Lipinski definition) is 0. The van der Waals surface area contributed by atoms with Gasteiger partial charge >= 0.3 is 0 Å². The monoisotopic (exact) mass is 244 g/mol. The molecule has 2 rings (SSSR count). The lowest BCUT2D eigenvalue weighted by Crippen LogP contribution is -2.36. The third kappa shape index (κ3) is 1.80. The van der Waals surface area contributed by atoms with E-state index >= 15 is 0 Å². The minimum Gasteiger partial charge on any atom is -0.356 e. The van der Waals surface area contributed by atoms with Gasteiger partial charge in [0.25, 0.3) is 0 Å². The number of aryl methyl sites for hydroxylation is 2. The standard InChI is InChI=1S/C16H24N2/c1-10-8-11(2)12(3)16(9-10)18-14(5)13(4)17(7)15(18)6/h8-9,15H,1-7H3/t15-/m1/s1. The van der Waals surface area contributed by atoms with E-state index in [0.29, 0.717) is 6.17 Å². The van der Waals surface area contributed by atoms with Crippen LogP contribution in [-0.4, -0.2) is 18.1 Å². The Balaban J connectivity index is 2.57. The maximum atomic E-state index is 2.45. The van der Waals surface area contributed by atoms with E-state index in [2.05, 4.69) is 70.5 Å². The van der Waals surface area contributed by atoms with Gasteiger partial charge in [-0.3, -0.25) is 0 Å². The van der Waals surface area contributed by atoms with Crippen molar-refractivity contribution in [1.29, 1.82) is 0 Å². The highest BCUT2D eigenvalue weighted by Gasteiger charge is 2.30. The molecular formula is C16H24N2. The average Bonchev–Trinajstić information content (AvgIpc) is 2.49. The number of anilines is 1. The number of hydrogen-bond acceptors (Lipinski definition) is 2. The van der Waals surface area contributed by atoms with Crippen LogP contribution in [0.1, 0.15) is 37.5 Å². The molecule has 0 saturated carbocycles. The fourth-order valence-electron chi connectivity index (χ4n) is 2.81. The highest BCUT2D eigenvalue weighted by Crippen LogP contribution is 2.36. The van der Waals surface area contributed by atoms with E-state index in [0.717, 1.165) is 0 Å². The molecule has 0 bridgehead atoms. The zero-order valence-electron chi connectivity index (χ0n) is 12.6. The number of nitrogens with zero attached hydrogens (tertiary/aromatic N) is 2. The summed E-state index contributed by atoms with van der Waals surface area (Å²) in [6.07, 6.45) is 0.393. The highest BCUT2D eigenvalue weighted by molar-refractivity contribution is 5.63. The zero-order chi connectivity index (χ0) is 13.6. The van der Waals surface area contributed by atoms with E-state index in [4.69, 9.17) is 0 Å². The summed E-state index contributed by atoms with van der Waals surface area (Å²) >= 11 is 0. The van der Waals surface area contributed by atoms with Gasteiger partial charge in [0, 0.05) is 24.1 Å². The molecule has 1 aromatic carbocycles. The van der Waals surface area contributed by atoms with Gasteiger partial charge in [0.1, 0.15) is 6.17 Å². The lowest BCUT2D eigenvalue weighted by Gasteiger charge is -2.31. The molecule has 0 aromatic heterocycles. The van der Waals surface area contributed by atoms with Gasteiger partial charge in [-0.1, -0.05) is 6.07 Å². The topological polar surface area (TPSA) is 6.48 Å². The summed E-state index contributed by atoms with van der Waals surface area (Å²) < 4.78 is 0. The van der Waals surface area contributed by atoms with Gasteiger partial charge in [-0.05, 0) is 64.3 Å². The van der Waals surface area contributed by atoms with Crippen LogP contribution < -0.4 is 4.90 Å². The molecule has 0 N–H and O–H groups in total. The highest BCUT2D eigenvalue weighted by atomic mass is 15.4. The van der Waals surface area contributed by atoms with Crippen molar-refractivity contribution in [3.05, 3.63) is 40.2 Å². The lowest BCUT2D eigenvalue weighted by atomic mass is 10.0. The van der Waals surface area contributed by atoms with Crippen LogP contribution in [-0.2, 0) is 0 Å². The molecule has 98 valence electrons. The molecular weight excluding hydrogens is 220 g/mol. The minimum atomic E-state index is 0.393. The van der Waals surface area contributed by atoms with E-state index in [9.17, 15) is 0 Å². The SMILES string of the molecule is CC1=C(C)N(c2cc(C)cc(C)c2C)[C@H](C)N1C. The van der Waals surface area contributed by atoms with Gasteiger partial charge in [0.05, 0.1) is 0 Å². The Morgan fingerprint density at radius 2 is 1.56 bits per heavy atom. The van der Waals surface area contributed by atoms with Gasteiger partial charge in [0.15, 0.2) is 0 Å². The first kappa shape index (κ1) is 13.0. The van der Waals surface area contributed by atoms with E-state index in [1.54, 1.807) is 0 Å². The van der Waals surface area contributed by atoms with Gasteiger partial charge in [-0.25, -0.2) is 0 Å². The third-order valence-electron chi connectivity index (χ3n) is 4.39. The molecule has 1 aliphatic heterocycles. The first-order valence-corrected chi connectivity index (χ1v) is 6.62. The van der Waals surface area contributed by atoms with Crippen molar-refractivity contribution in [3.8, 4) is 0 Å². The van der Waals surface area contributed by atoms with Gasteiger partial charge < -0.3 is 9.80 Å². The Labute approximate surface area is 111 Å². The van der Waals surface area contributed by atoms with Crippen LogP contribution in [0.2, 0.25) is 0 Å². The molecule has 0 amide bonds. The molecule has 0 aliphatic carbocycles. The predicted octanol–water partition coefficient (Wildman–Crippen LogP) is 3.96. The summed E-state index contributed by atoms with van der Waals surface area (Å²) in [6.45, 7) is 13.3. The fraction of sp³-hybridized carbons (Fsp3) is 0.500. The molecule has 1 atom stereocenters. The maximum Gasteiger partial charge on any atom is 0.103 e. The fourth-order valence-corrected chi connectivity index (χ4v) is 2.81. The Hall–Kier alpha value is -1.44. The van der Waals surface area contributed by atoms with Crippen molar-refractivity contribution in [2.45, 2.75) is 47.7 Å². The van der Waals surface area contributed by atoms with E-state index in [1.165, 1.54) is 33.8 Å². The van der Waals surface area contributed by atoms with Crippen LogP contribution in [0, 0.1) is 20.8 Å². The van der Waals surface area contributed by atoms with Crippen molar-refractivity contribution >= 4 is 5.69 Å².